The molecule has 5 heteroatoms. The summed E-state index contributed by atoms with van der Waals surface area (Å²) in [6.45, 7) is 6.12. The van der Waals surface area contributed by atoms with Crippen LogP contribution in [0.15, 0.2) is 64.8 Å². The van der Waals surface area contributed by atoms with Gasteiger partial charge in [0.25, 0.3) is 5.91 Å². The summed E-state index contributed by atoms with van der Waals surface area (Å²) >= 11 is 1.49. The summed E-state index contributed by atoms with van der Waals surface area (Å²) in [5.74, 6) is 0.327. The summed E-state index contributed by atoms with van der Waals surface area (Å²) in [5.41, 5.74) is 4.04. The van der Waals surface area contributed by atoms with E-state index >= 15 is 0 Å². The molecule has 0 aliphatic heterocycles. The number of hydrogen-bond donors (Lipinski definition) is 1. The topological polar surface area (TPSA) is 54.9 Å². The first-order chi connectivity index (χ1) is 12.0. The second-order valence-corrected chi connectivity index (χ2v) is 6.94. The Morgan fingerprint density at radius 3 is 2.56 bits per heavy atom. The predicted octanol–water partition coefficient (Wildman–Crippen LogP) is 4.81. The van der Waals surface area contributed by atoms with E-state index in [9.17, 15) is 4.79 Å². The average molecular weight is 349 g/mol. The van der Waals surface area contributed by atoms with E-state index < -0.39 is 0 Å². The molecule has 25 heavy (non-hydrogen) atoms. The highest BCUT2D eigenvalue weighted by Crippen LogP contribution is 2.30. The van der Waals surface area contributed by atoms with Crippen molar-refractivity contribution in [1.29, 1.82) is 0 Å². The van der Waals surface area contributed by atoms with Crippen molar-refractivity contribution in [3.05, 3.63) is 77.1 Å². The van der Waals surface area contributed by atoms with Gasteiger partial charge in [-0.2, -0.15) is 0 Å². The van der Waals surface area contributed by atoms with Crippen LogP contribution in [0.2, 0.25) is 0 Å². The van der Waals surface area contributed by atoms with Gasteiger partial charge in [-0.15, -0.1) is 0 Å². The fourth-order valence-electron chi connectivity index (χ4n) is 2.32. The van der Waals surface area contributed by atoms with Crippen LogP contribution in [0.1, 0.15) is 27.0 Å². The summed E-state index contributed by atoms with van der Waals surface area (Å²) < 4.78 is 0. The second kappa shape index (κ2) is 7.49. The van der Waals surface area contributed by atoms with Crippen molar-refractivity contribution in [2.45, 2.75) is 30.7 Å². The SMILES string of the molecule is Cc1ccnc(NC(=O)c2cccnc2Sc2ccc(C)c(C)c2)c1. The molecule has 0 bridgehead atoms. The molecule has 3 rings (SSSR count). The number of aryl methyl sites for hydroxylation is 3. The Morgan fingerprint density at radius 2 is 1.80 bits per heavy atom. The van der Waals surface area contributed by atoms with Crippen LogP contribution in [0, 0.1) is 20.8 Å². The minimum atomic E-state index is -0.211. The molecule has 126 valence electrons. The van der Waals surface area contributed by atoms with Gasteiger partial charge in [0.05, 0.1) is 5.56 Å². The van der Waals surface area contributed by atoms with E-state index in [1.807, 2.05) is 25.1 Å². The maximum absolute atomic E-state index is 12.7. The van der Waals surface area contributed by atoms with Gasteiger partial charge in [0, 0.05) is 17.3 Å². The maximum atomic E-state index is 12.7. The second-order valence-electron chi connectivity index (χ2n) is 5.88. The Balaban J connectivity index is 1.85. The van der Waals surface area contributed by atoms with E-state index in [4.69, 9.17) is 0 Å². The Bertz CT molecular complexity index is 924. The molecule has 0 aliphatic rings. The molecule has 0 unspecified atom stereocenters. The van der Waals surface area contributed by atoms with Crippen LogP contribution in [0.4, 0.5) is 5.82 Å². The lowest BCUT2D eigenvalue weighted by atomic mass is 10.1. The van der Waals surface area contributed by atoms with Gasteiger partial charge >= 0.3 is 0 Å². The fraction of sp³-hybridized carbons (Fsp3) is 0.150. The zero-order valence-electron chi connectivity index (χ0n) is 14.4. The largest absolute Gasteiger partial charge is 0.306 e. The van der Waals surface area contributed by atoms with E-state index in [2.05, 4.69) is 41.3 Å². The Morgan fingerprint density at radius 1 is 0.960 bits per heavy atom. The van der Waals surface area contributed by atoms with Gasteiger partial charge in [-0.25, -0.2) is 9.97 Å². The van der Waals surface area contributed by atoms with Crippen molar-refractivity contribution in [2.24, 2.45) is 0 Å². The third-order valence-electron chi connectivity index (χ3n) is 3.87. The van der Waals surface area contributed by atoms with Gasteiger partial charge in [-0.3, -0.25) is 4.79 Å². The van der Waals surface area contributed by atoms with Crippen molar-refractivity contribution in [2.75, 3.05) is 5.32 Å². The molecule has 1 amide bonds. The molecule has 1 aromatic carbocycles. The number of nitrogens with one attached hydrogen (secondary N) is 1. The zero-order chi connectivity index (χ0) is 17.8. The Kier molecular flexibility index (Phi) is 5.14. The first kappa shape index (κ1) is 17.2. The number of pyridine rings is 2. The quantitative estimate of drug-likeness (QED) is 0.735. The number of aromatic nitrogens is 2. The number of carbonyl (C=O) groups excluding carboxylic acids is 1. The first-order valence-electron chi connectivity index (χ1n) is 7.97. The predicted molar refractivity (Wildman–Crippen MR) is 101 cm³/mol. The number of carbonyl (C=O) groups is 1. The maximum Gasteiger partial charge on any atom is 0.259 e. The lowest BCUT2D eigenvalue weighted by Crippen LogP contribution is -2.14. The van der Waals surface area contributed by atoms with Gasteiger partial charge in [0.1, 0.15) is 10.8 Å². The lowest BCUT2D eigenvalue weighted by Gasteiger charge is -2.10. The molecule has 3 aromatic rings. The molecular weight excluding hydrogens is 330 g/mol. The average Bonchev–Trinajstić information content (AvgIpc) is 2.58. The van der Waals surface area contributed by atoms with Crippen molar-refractivity contribution in [1.82, 2.24) is 9.97 Å². The van der Waals surface area contributed by atoms with Crippen LogP contribution in [0.5, 0.6) is 0 Å². The molecule has 0 saturated heterocycles. The molecule has 2 aromatic heterocycles. The summed E-state index contributed by atoms with van der Waals surface area (Å²) in [7, 11) is 0. The van der Waals surface area contributed by atoms with Gasteiger partial charge in [0.15, 0.2) is 0 Å². The van der Waals surface area contributed by atoms with Crippen molar-refractivity contribution in [3.63, 3.8) is 0 Å². The molecule has 1 N–H and O–H groups in total. The molecule has 0 spiro atoms. The minimum Gasteiger partial charge on any atom is -0.306 e. The molecular formula is C20H19N3OS. The highest BCUT2D eigenvalue weighted by Gasteiger charge is 2.14. The normalized spacial score (nSPS) is 10.5. The summed E-state index contributed by atoms with van der Waals surface area (Å²) in [5, 5.41) is 3.52. The molecule has 0 atom stereocenters. The molecule has 0 saturated carbocycles. The van der Waals surface area contributed by atoms with E-state index in [0.29, 0.717) is 16.4 Å². The van der Waals surface area contributed by atoms with E-state index in [0.717, 1.165) is 10.5 Å². The van der Waals surface area contributed by atoms with Crippen LogP contribution >= 0.6 is 11.8 Å². The number of hydrogen-bond acceptors (Lipinski definition) is 4. The standard InChI is InChI=1S/C20H19N3OS/c1-13-8-10-21-18(11-13)23-19(24)17-5-4-9-22-20(17)25-16-7-6-14(2)15(3)12-16/h4-12H,1-3H3,(H,21,23,24). The monoisotopic (exact) mass is 349 g/mol. The van der Waals surface area contributed by atoms with Crippen LogP contribution in [0.3, 0.4) is 0 Å². The highest BCUT2D eigenvalue weighted by molar-refractivity contribution is 7.99. The molecule has 2 heterocycles. The fourth-order valence-corrected chi connectivity index (χ4v) is 3.30. The summed E-state index contributed by atoms with van der Waals surface area (Å²) in [6, 6.07) is 13.5. The van der Waals surface area contributed by atoms with Crippen LogP contribution in [-0.4, -0.2) is 15.9 Å². The van der Waals surface area contributed by atoms with Crippen LogP contribution in [-0.2, 0) is 0 Å². The van der Waals surface area contributed by atoms with Crippen molar-refractivity contribution in [3.8, 4) is 0 Å². The van der Waals surface area contributed by atoms with E-state index in [1.54, 1.807) is 24.5 Å². The van der Waals surface area contributed by atoms with Gasteiger partial charge in [0.2, 0.25) is 0 Å². The summed E-state index contributed by atoms with van der Waals surface area (Å²) in [4.78, 5) is 22.3. The molecule has 0 aliphatic carbocycles. The zero-order valence-corrected chi connectivity index (χ0v) is 15.2. The third-order valence-corrected chi connectivity index (χ3v) is 4.87. The van der Waals surface area contributed by atoms with Crippen LogP contribution < -0.4 is 5.32 Å². The third kappa shape index (κ3) is 4.25. The number of benzene rings is 1. The number of rotatable bonds is 4. The Labute approximate surface area is 151 Å². The number of nitrogens with zero attached hydrogens (tertiary/aromatic N) is 2. The highest BCUT2D eigenvalue weighted by atomic mass is 32.2. The molecule has 0 fully saturated rings. The number of amides is 1. The first-order valence-corrected chi connectivity index (χ1v) is 8.79. The smallest absolute Gasteiger partial charge is 0.259 e. The Hall–Kier alpha value is -2.66. The van der Waals surface area contributed by atoms with Crippen LogP contribution in [0.25, 0.3) is 0 Å². The van der Waals surface area contributed by atoms with Crippen molar-refractivity contribution >= 4 is 23.5 Å². The molecule has 4 nitrogen and oxygen atoms in total. The van der Waals surface area contributed by atoms with E-state index in [-0.39, 0.29) is 5.91 Å². The van der Waals surface area contributed by atoms with Crippen molar-refractivity contribution < 1.29 is 4.79 Å². The van der Waals surface area contributed by atoms with Gasteiger partial charge in [-0.1, -0.05) is 17.8 Å². The number of anilines is 1. The van der Waals surface area contributed by atoms with Gasteiger partial charge < -0.3 is 5.32 Å². The van der Waals surface area contributed by atoms with Gasteiger partial charge in [-0.05, 0) is 73.9 Å². The summed E-state index contributed by atoms with van der Waals surface area (Å²) in [6.07, 6.45) is 3.38. The van der Waals surface area contributed by atoms with E-state index in [1.165, 1.54) is 22.9 Å². The minimum absolute atomic E-state index is 0.211. The lowest BCUT2D eigenvalue weighted by molar-refractivity contribution is 0.102. The molecule has 0 radical (unpaired) electrons.